The SMILES string of the molecule is OCN1CCC[C@@H]1c1nc(NCc2ccccc2)c2ncn(C3CCCC3)c2n1. The summed E-state index contributed by atoms with van der Waals surface area (Å²) in [5, 5.41) is 13.3. The minimum absolute atomic E-state index is 0.0424. The lowest BCUT2D eigenvalue weighted by Crippen LogP contribution is -2.26. The molecule has 0 unspecified atom stereocenters. The first kappa shape index (κ1) is 18.5. The second-order valence-corrected chi connectivity index (χ2v) is 8.14. The summed E-state index contributed by atoms with van der Waals surface area (Å²) >= 11 is 0. The van der Waals surface area contributed by atoms with Gasteiger partial charge in [-0.2, -0.15) is 0 Å². The van der Waals surface area contributed by atoms with Crippen LogP contribution >= 0.6 is 0 Å². The molecule has 152 valence electrons. The van der Waals surface area contributed by atoms with E-state index in [-0.39, 0.29) is 12.8 Å². The maximum absolute atomic E-state index is 9.76. The Morgan fingerprint density at radius 3 is 2.66 bits per heavy atom. The van der Waals surface area contributed by atoms with Gasteiger partial charge in [0.2, 0.25) is 0 Å². The lowest BCUT2D eigenvalue weighted by Gasteiger charge is -2.21. The van der Waals surface area contributed by atoms with Crippen LogP contribution in [0.15, 0.2) is 36.7 Å². The fourth-order valence-corrected chi connectivity index (χ4v) is 4.72. The summed E-state index contributed by atoms with van der Waals surface area (Å²) in [6.07, 6.45) is 8.87. The molecule has 0 bridgehead atoms. The number of imidazole rings is 1. The van der Waals surface area contributed by atoms with Crippen LogP contribution < -0.4 is 5.32 Å². The van der Waals surface area contributed by atoms with Crippen molar-refractivity contribution in [3.8, 4) is 0 Å². The molecule has 2 aromatic heterocycles. The molecule has 0 spiro atoms. The molecule has 1 aliphatic heterocycles. The maximum Gasteiger partial charge on any atom is 0.166 e. The molecule has 1 aromatic carbocycles. The number of aliphatic hydroxyl groups excluding tert-OH is 1. The Morgan fingerprint density at radius 1 is 1.03 bits per heavy atom. The number of hydrogen-bond acceptors (Lipinski definition) is 6. The van der Waals surface area contributed by atoms with Crippen LogP contribution in [0.2, 0.25) is 0 Å². The number of fused-ring (bicyclic) bond motifs is 1. The maximum atomic E-state index is 9.76. The number of aliphatic hydroxyl groups is 1. The highest BCUT2D eigenvalue weighted by molar-refractivity contribution is 5.83. The lowest BCUT2D eigenvalue weighted by molar-refractivity contribution is 0.0933. The van der Waals surface area contributed by atoms with Gasteiger partial charge in [-0.1, -0.05) is 43.2 Å². The molecule has 3 aromatic rings. The molecular weight excluding hydrogens is 364 g/mol. The number of nitrogens with zero attached hydrogens (tertiary/aromatic N) is 5. The van der Waals surface area contributed by atoms with Gasteiger partial charge in [0.1, 0.15) is 5.52 Å². The predicted molar refractivity (Wildman–Crippen MR) is 112 cm³/mol. The number of hydrogen-bond donors (Lipinski definition) is 2. The summed E-state index contributed by atoms with van der Waals surface area (Å²) in [7, 11) is 0. The van der Waals surface area contributed by atoms with Crippen molar-refractivity contribution in [2.24, 2.45) is 0 Å². The van der Waals surface area contributed by atoms with Crippen LogP contribution in [0.1, 0.15) is 62.0 Å². The Bertz CT molecular complexity index is 966. The summed E-state index contributed by atoms with van der Waals surface area (Å²) in [6, 6.07) is 10.9. The monoisotopic (exact) mass is 392 g/mol. The quantitative estimate of drug-likeness (QED) is 0.667. The Hall–Kier alpha value is -2.51. The predicted octanol–water partition coefficient (Wildman–Crippen LogP) is 3.64. The number of likely N-dealkylation sites (tertiary alicyclic amines) is 1. The second-order valence-electron chi connectivity index (χ2n) is 8.14. The van der Waals surface area contributed by atoms with E-state index in [0.29, 0.717) is 12.6 Å². The zero-order chi connectivity index (χ0) is 19.6. The third-order valence-corrected chi connectivity index (χ3v) is 6.30. The summed E-state index contributed by atoms with van der Waals surface area (Å²) in [4.78, 5) is 16.6. The van der Waals surface area contributed by atoms with Gasteiger partial charge in [0.15, 0.2) is 17.3 Å². The van der Waals surface area contributed by atoms with Crippen molar-refractivity contribution in [3.05, 3.63) is 48.0 Å². The van der Waals surface area contributed by atoms with E-state index in [4.69, 9.17) is 15.0 Å². The second kappa shape index (κ2) is 8.08. The number of nitrogens with one attached hydrogen (secondary N) is 1. The van der Waals surface area contributed by atoms with E-state index < -0.39 is 0 Å². The van der Waals surface area contributed by atoms with E-state index in [1.54, 1.807) is 0 Å². The van der Waals surface area contributed by atoms with Gasteiger partial charge in [-0.15, -0.1) is 0 Å². The molecule has 2 aliphatic rings. The van der Waals surface area contributed by atoms with Gasteiger partial charge in [-0.25, -0.2) is 15.0 Å². The van der Waals surface area contributed by atoms with Crippen molar-refractivity contribution >= 4 is 17.0 Å². The molecule has 2 N–H and O–H groups in total. The Kier molecular flexibility index (Phi) is 5.16. The van der Waals surface area contributed by atoms with Gasteiger partial charge >= 0.3 is 0 Å². The Labute approximate surface area is 170 Å². The fraction of sp³-hybridized carbons (Fsp3) is 0.500. The minimum Gasteiger partial charge on any atom is -0.381 e. The Morgan fingerprint density at radius 2 is 1.86 bits per heavy atom. The molecular formula is C22H28N6O. The van der Waals surface area contributed by atoms with E-state index >= 15 is 0 Å². The van der Waals surface area contributed by atoms with Gasteiger partial charge < -0.3 is 15.0 Å². The molecule has 3 heterocycles. The van der Waals surface area contributed by atoms with Gasteiger partial charge in [0, 0.05) is 19.1 Å². The molecule has 5 rings (SSSR count). The van der Waals surface area contributed by atoms with E-state index in [1.165, 1.54) is 31.2 Å². The van der Waals surface area contributed by atoms with Gasteiger partial charge in [-0.3, -0.25) is 4.90 Å². The molecule has 7 heteroatoms. The highest BCUT2D eigenvalue weighted by Gasteiger charge is 2.30. The third kappa shape index (κ3) is 3.60. The molecule has 1 saturated carbocycles. The normalized spacial score (nSPS) is 20.7. The van der Waals surface area contributed by atoms with Crippen LogP contribution in [0.3, 0.4) is 0 Å². The summed E-state index contributed by atoms with van der Waals surface area (Å²) in [6.45, 7) is 1.62. The topological polar surface area (TPSA) is 79.1 Å². The van der Waals surface area contributed by atoms with E-state index in [0.717, 1.165) is 42.2 Å². The number of anilines is 1. The van der Waals surface area contributed by atoms with Crippen LogP contribution in [-0.4, -0.2) is 42.8 Å². The molecule has 7 nitrogen and oxygen atoms in total. The highest BCUT2D eigenvalue weighted by atomic mass is 16.3. The van der Waals surface area contributed by atoms with Crippen molar-refractivity contribution in [2.45, 2.75) is 57.2 Å². The molecule has 29 heavy (non-hydrogen) atoms. The van der Waals surface area contributed by atoms with Crippen LogP contribution in [0.25, 0.3) is 11.2 Å². The smallest absolute Gasteiger partial charge is 0.166 e. The molecule has 1 aliphatic carbocycles. The van der Waals surface area contributed by atoms with E-state index in [1.807, 2.05) is 24.5 Å². The first-order valence-electron chi connectivity index (χ1n) is 10.7. The van der Waals surface area contributed by atoms with E-state index in [2.05, 4.69) is 26.9 Å². The number of rotatable bonds is 6. The number of aromatic nitrogens is 4. The Balaban J connectivity index is 1.54. The third-order valence-electron chi connectivity index (χ3n) is 6.30. The van der Waals surface area contributed by atoms with Gasteiger partial charge in [0.05, 0.1) is 19.1 Å². The molecule has 0 amide bonds. The van der Waals surface area contributed by atoms with Crippen LogP contribution in [0.4, 0.5) is 5.82 Å². The molecule has 1 saturated heterocycles. The van der Waals surface area contributed by atoms with Crippen molar-refractivity contribution in [1.82, 2.24) is 24.4 Å². The first-order valence-corrected chi connectivity index (χ1v) is 10.7. The van der Waals surface area contributed by atoms with Crippen LogP contribution in [0.5, 0.6) is 0 Å². The largest absolute Gasteiger partial charge is 0.381 e. The average molecular weight is 393 g/mol. The summed E-state index contributed by atoms with van der Waals surface area (Å²) in [5.41, 5.74) is 2.96. The van der Waals surface area contributed by atoms with Crippen molar-refractivity contribution in [3.63, 3.8) is 0 Å². The van der Waals surface area contributed by atoms with Crippen molar-refractivity contribution in [2.75, 3.05) is 18.6 Å². The first-order chi connectivity index (χ1) is 14.3. The molecule has 0 radical (unpaired) electrons. The molecule has 1 atom stereocenters. The standard InChI is InChI=1S/C22H28N6O/c29-15-27-12-6-11-18(27)20-25-21(23-13-16-7-2-1-3-8-16)19-22(26-20)28(14-24-19)17-9-4-5-10-17/h1-3,7-8,14,17-18,29H,4-6,9-13,15H2,(H,23,25,26)/t18-/m1/s1. The van der Waals surface area contributed by atoms with Crippen molar-refractivity contribution in [1.29, 1.82) is 0 Å². The summed E-state index contributed by atoms with van der Waals surface area (Å²) in [5.74, 6) is 1.58. The summed E-state index contributed by atoms with van der Waals surface area (Å²) < 4.78 is 2.25. The van der Waals surface area contributed by atoms with Gasteiger partial charge in [-0.05, 0) is 31.2 Å². The highest BCUT2D eigenvalue weighted by Crippen LogP contribution is 2.35. The zero-order valence-electron chi connectivity index (χ0n) is 16.7. The van der Waals surface area contributed by atoms with E-state index in [9.17, 15) is 5.11 Å². The average Bonchev–Trinajstić information content (AvgIpc) is 3.52. The molecule has 2 fully saturated rings. The number of benzene rings is 1. The zero-order valence-corrected chi connectivity index (χ0v) is 16.7. The van der Waals surface area contributed by atoms with Crippen LogP contribution in [-0.2, 0) is 6.54 Å². The van der Waals surface area contributed by atoms with Crippen LogP contribution in [0, 0.1) is 0 Å². The van der Waals surface area contributed by atoms with Gasteiger partial charge in [0.25, 0.3) is 0 Å². The van der Waals surface area contributed by atoms with Crippen molar-refractivity contribution < 1.29 is 5.11 Å². The minimum atomic E-state index is 0.0424. The lowest BCUT2D eigenvalue weighted by atomic mass is 10.2. The fourth-order valence-electron chi connectivity index (χ4n) is 4.72.